The maximum Gasteiger partial charge on any atom is 0.0194 e. The molecule has 0 atom stereocenters. The molecule has 3 aromatic carbocycles. The summed E-state index contributed by atoms with van der Waals surface area (Å²) in [4.78, 5) is 0. The first-order chi connectivity index (χ1) is 12.8. The smallest absolute Gasteiger partial charge is 0.0194 e. The quantitative estimate of drug-likeness (QED) is 0.449. The van der Waals surface area contributed by atoms with Gasteiger partial charge in [-0.25, -0.2) is 0 Å². The van der Waals surface area contributed by atoms with Crippen molar-refractivity contribution >= 4 is 0 Å². The van der Waals surface area contributed by atoms with Gasteiger partial charge in [0, 0.05) is 4.11 Å². The fraction of sp³-hybridized carbons (Fsp3) is 0.250. The monoisotopic (exact) mass is 330 g/mol. The molecule has 0 aliphatic carbocycles. The van der Waals surface area contributed by atoms with Gasteiger partial charge in [-0.2, -0.15) is 0 Å². The largest absolute Gasteiger partial charge is 0.0776 e. The van der Waals surface area contributed by atoms with E-state index in [9.17, 15) is 0 Å². The molecule has 0 nitrogen and oxygen atoms in total. The maximum absolute atomic E-state index is 5.75. The Morgan fingerprint density at radius 2 is 0.833 bits per heavy atom. The highest BCUT2D eigenvalue weighted by Crippen LogP contribution is 2.07. The molecular formula is C24H36. The molecule has 0 amide bonds. The highest BCUT2D eigenvalue weighted by Gasteiger charge is 1.92. The van der Waals surface area contributed by atoms with Crippen LogP contribution in [0.4, 0.5) is 0 Å². The van der Waals surface area contributed by atoms with E-state index in [1.807, 2.05) is 18.2 Å². The van der Waals surface area contributed by atoms with Gasteiger partial charge in [-0.3, -0.25) is 0 Å². The van der Waals surface area contributed by atoms with Crippen LogP contribution in [0.2, 0.25) is 0 Å². The molecule has 0 aromatic heterocycles. The molecule has 0 unspecified atom stereocenters. The van der Waals surface area contributed by atoms with Crippen molar-refractivity contribution in [3.63, 3.8) is 0 Å². The van der Waals surface area contributed by atoms with Gasteiger partial charge in [-0.1, -0.05) is 126 Å². The summed E-state index contributed by atoms with van der Waals surface area (Å²) in [6.45, 7) is 2.08. The second kappa shape index (κ2) is 15.6. The molecule has 3 rings (SSSR count). The van der Waals surface area contributed by atoms with Crippen LogP contribution in [0.1, 0.15) is 50.4 Å². The first-order valence-electron chi connectivity index (χ1n) is 9.94. The third kappa shape index (κ3) is 10.4. The van der Waals surface area contributed by atoms with Gasteiger partial charge < -0.3 is 0 Å². The average Bonchev–Trinajstić information content (AvgIpc) is 2.75. The molecule has 0 radical (unpaired) electrons. The molecular weight excluding hydrogens is 288 g/mol. The predicted octanol–water partition coefficient (Wildman–Crippen LogP) is 7.82. The molecule has 0 fully saturated rings. The van der Waals surface area contributed by atoms with Crippen LogP contribution >= 0.6 is 0 Å². The van der Waals surface area contributed by atoms with Gasteiger partial charge in [-0.05, 0) is 24.5 Å². The molecule has 3 aromatic rings. The number of aryl methyl sites for hydroxylation is 1. The van der Waals surface area contributed by atoms with Crippen molar-refractivity contribution in [2.45, 2.75) is 43.0 Å². The van der Waals surface area contributed by atoms with Crippen molar-refractivity contribution in [2.75, 3.05) is 0 Å². The predicted molar refractivity (Wildman–Crippen MR) is 114 cm³/mol. The Morgan fingerprint density at radius 3 is 1.08 bits per heavy atom. The Kier molecular flexibility index (Phi) is 12.8. The van der Waals surface area contributed by atoms with Crippen LogP contribution in [0, 0.1) is 6.92 Å². The van der Waals surface area contributed by atoms with E-state index in [4.69, 9.17) is 4.11 Å². The highest BCUT2D eigenvalue weighted by atomic mass is 14.0. The molecule has 0 saturated carbocycles. The van der Waals surface area contributed by atoms with Crippen molar-refractivity contribution in [3.05, 3.63) is 108 Å². The van der Waals surface area contributed by atoms with Gasteiger partial charge >= 0.3 is 0 Å². The Morgan fingerprint density at radius 1 is 0.542 bits per heavy atom. The number of benzene rings is 3. The molecule has 0 heterocycles. The maximum atomic E-state index is 5.75. The lowest BCUT2D eigenvalue weighted by Crippen LogP contribution is -1.85. The Labute approximate surface area is 155 Å². The fourth-order valence-corrected chi connectivity index (χ4v) is 1.96. The zero-order valence-corrected chi connectivity index (χ0v) is 14.9. The molecule has 0 heteroatoms. The summed E-state index contributed by atoms with van der Waals surface area (Å²) in [7, 11) is 3.75. The van der Waals surface area contributed by atoms with Crippen LogP contribution < -0.4 is 0 Å². The summed E-state index contributed by atoms with van der Waals surface area (Å²) < 4.78 is 17.2. The summed E-state index contributed by atoms with van der Waals surface area (Å²) in [5.41, 5.74) is 4.06. The fourth-order valence-electron chi connectivity index (χ4n) is 1.96. The Balaban J connectivity index is -0.000000353. The van der Waals surface area contributed by atoms with E-state index in [-0.39, 0.29) is 7.43 Å². The van der Waals surface area contributed by atoms with Crippen LogP contribution in [0.3, 0.4) is 0 Å². The van der Waals surface area contributed by atoms with E-state index in [1.54, 1.807) is 0 Å². The van der Waals surface area contributed by atoms with E-state index >= 15 is 0 Å². The molecule has 0 N–H and O–H groups in total. The number of hydrogen-bond donors (Lipinski definition) is 0. The van der Waals surface area contributed by atoms with Gasteiger partial charge in [0.1, 0.15) is 0 Å². The molecule has 24 heavy (non-hydrogen) atoms. The van der Waals surface area contributed by atoms with Gasteiger partial charge in [0.15, 0.2) is 0 Å². The summed E-state index contributed by atoms with van der Waals surface area (Å²) in [6.07, 6.45) is 1.03. The molecule has 0 aliphatic heterocycles. The second-order valence-corrected chi connectivity index (χ2v) is 4.80. The summed E-state index contributed by atoms with van der Waals surface area (Å²) in [5, 5.41) is 0. The third-order valence-electron chi connectivity index (χ3n) is 3.03. The molecule has 0 saturated heterocycles. The molecule has 132 valence electrons. The number of hydrogen-bond acceptors (Lipinski definition) is 0. The van der Waals surface area contributed by atoms with E-state index in [2.05, 4.69) is 79.7 Å². The normalized spacial score (nSPS) is 8.75. The van der Waals surface area contributed by atoms with Crippen molar-refractivity contribution in [3.8, 4) is 0 Å². The van der Waals surface area contributed by atoms with Gasteiger partial charge in [-0.15, -0.1) is 0 Å². The Bertz CT molecular complexity index is 559. The molecule has 0 aliphatic rings. The lowest BCUT2D eigenvalue weighted by atomic mass is 10.1. The van der Waals surface area contributed by atoms with Crippen LogP contribution in [-0.4, -0.2) is 0 Å². The van der Waals surface area contributed by atoms with Crippen LogP contribution in [0.15, 0.2) is 91.0 Å². The standard InChI is InChI=1S/C13H12.C7H8.4CH4/c1-3-7-12(8-4-1)11-13-9-5-2-6-10-13;1-7-5-3-2-4-6-7;;;;/h1-10H,11H2;2-6H,1H3;4*1H4/i;;3*1T;. The van der Waals surface area contributed by atoms with Gasteiger partial charge in [0.2, 0.25) is 0 Å². The van der Waals surface area contributed by atoms with Crippen molar-refractivity contribution in [1.82, 2.24) is 0 Å². The molecule has 0 bridgehead atoms. The topological polar surface area (TPSA) is 0 Å². The third-order valence-corrected chi connectivity index (χ3v) is 3.03. The summed E-state index contributed by atoms with van der Waals surface area (Å²) >= 11 is 0. The van der Waals surface area contributed by atoms with Crippen molar-refractivity contribution in [1.29, 1.82) is 0 Å². The second-order valence-electron chi connectivity index (χ2n) is 4.80. The highest BCUT2D eigenvalue weighted by molar-refractivity contribution is 5.25. The number of rotatable bonds is 2. The minimum Gasteiger partial charge on any atom is -0.0776 e. The minimum atomic E-state index is 0. The van der Waals surface area contributed by atoms with Crippen LogP contribution in [0.25, 0.3) is 0 Å². The van der Waals surface area contributed by atoms with Gasteiger partial charge in [0.05, 0.1) is 0 Å². The average molecular weight is 331 g/mol. The first kappa shape index (κ1) is 19.7. The zero-order chi connectivity index (χ0) is 20.0. The SMILES string of the molecule is C.Cc1ccccc1.[3H]C.[3H]C.[3H]C.c1ccc(Cc2ccccc2)cc1. The lowest BCUT2D eigenvalue weighted by Gasteiger charge is -2.00. The zero-order valence-electron chi connectivity index (χ0n) is 17.9. The van der Waals surface area contributed by atoms with Crippen molar-refractivity contribution < 1.29 is 4.11 Å². The molecule has 0 spiro atoms. The van der Waals surface area contributed by atoms with Crippen LogP contribution in [-0.2, 0) is 6.42 Å². The van der Waals surface area contributed by atoms with E-state index in [0.29, 0.717) is 0 Å². The van der Waals surface area contributed by atoms with E-state index < -0.39 is 0 Å². The first-order valence-corrected chi connectivity index (χ1v) is 6.94. The van der Waals surface area contributed by atoms with Gasteiger partial charge in [0.25, 0.3) is 0 Å². The minimum absolute atomic E-state index is 0. The van der Waals surface area contributed by atoms with E-state index in [1.165, 1.54) is 38.9 Å². The Hall–Kier alpha value is -2.34. The lowest BCUT2D eigenvalue weighted by molar-refractivity contribution is 1.19. The summed E-state index contributed by atoms with van der Waals surface area (Å²) in [6, 6.07) is 31.3. The summed E-state index contributed by atoms with van der Waals surface area (Å²) in [5.74, 6) is 0. The van der Waals surface area contributed by atoms with Crippen LogP contribution in [0.5, 0.6) is 0 Å². The van der Waals surface area contributed by atoms with Crippen molar-refractivity contribution in [2.24, 2.45) is 0 Å². The van der Waals surface area contributed by atoms with E-state index in [0.717, 1.165) is 6.42 Å².